The first kappa shape index (κ1) is 16.7. The summed E-state index contributed by atoms with van der Waals surface area (Å²) >= 11 is 4.95. The molecule has 0 aromatic carbocycles. The highest BCUT2D eigenvalue weighted by Gasteiger charge is 2.26. The number of hydrogen-bond acceptors (Lipinski definition) is 3. The van der Waals surface area contributed by atoms with Gasteiger partial charge in [-0.2, -0.15) is 0 Å². The molecule has 0 aromatic rings. The zero-order valence-corrected chi connectivity index (χ0v) is 16.2. The summed E-state index contributed by atoms with van der Waals surface area (Å²) in [7, 11) is 0. The molecule has 112 valence electrons. The number of alkyl halides is 1. The normalized spacial score (nSPS) is 24.9. The van der Waals surface area contributed by atoms with Gasteiger partial charge in [0.1, 0.15) is 0 Å². The summed E-state index contributed by atoms with van der Waals surface area (Å²) in [6.07, 6.45) is 6.96. The fourth-order valence-electron chi connectivity index (χ4n) is 3.16. The van der Waals surface area contributed by atoms with E-state index in [0.717, 1.165) is 6.04 Å². The molecule has 2 heterocycles. The van der Waals surface area contributed by atoms with Crippen molar-refractivity contribution in [3.8, 4) is 0 Å². The Morgan fingerprint density at radius 2 is 1.53 bits per heavy atom. The van der Waals surface area contributed by atoms with Crippen molar-refractivity contribution in [1.82, 2.24) is 12.9 Å². The highest BCUT2D eigenvalue weighted by Crippen LogP contribution is 2.20. The highest BCUT2D eigenvalue weighted by molar-refractivity contribution is 14.1. The lowest BCUT2D eigenvalue weighted by molar-refractivity contribution is 0.0749. The van der Waals surface area contributed by atoms with E-state index in [9.17, 15) is 0 Å². The Morgan fingerprint density at radius 3 is 2.16 bits per heavy atom. The molecule has 0 spiro atoms. The summed E-state index contributed by atoms with van der Waals surface area (Å²) in [5.74, 6) is 0. The van der Waals surface area contributed by atoms with Crippen molar-refractivity contribution in [2.24, 2.45) is 0 Å². The maximum atomic E-state index is 2.75. The van der Waals surface area contributed by atoms with E-state index in [2.05, 4.69) is 58.4 Å². The minimum Gasteiger partial charge on any atom is -0.301 e. The first-order valence-corrected chi connectivity index (χ1v) is 10.2. The maximum Gasteiger partial charge on any atom is 0.0201 e. The molecule has 0 N–H and O–H groups in total. The van der Waals surface area contributed by atoms with Crippen molar-refractivity contribution in [2.45, 2.75) is 38.1 Å². The molecule has 5 heteroatoms. The van der Waals surface area contributed by atoms with Gasteiger partial charge in [0, 0.05) is 68.2 Å². The van der Waals surface area contributed by atoms with E-state index in [1.165, 1.54) is 82.3 Å². The smallest absolute Gasteiger partial charge is 0.0201 e. The van der Waals surface area contributed by atoms with Gasteiger partial charge in [0.05, 0.1) is 0 Å². The molecule has 3 nitrogen and oxygen atoms in total. The first-order valence-electron chi connectivity index (χ1n) is 7.72. The van der Waals surface area contributed by atoms with Gasteiger partial charge >= 0.3 is 0 Å². The number of rotatable bonds is 6. The van der Waals surface area contributed by atoms with Gasteiger partial charge in [-0.25, -0.2) is 3.11 Å². The molecule has 0 aromatic heterocycles. The molecule has 2 fully saturated rings. The topological polar surface area (TPSA) is 9.72 Å². The predicted molar refractivity (Wildman–Crippen MR) is 99.4 cm³/mol. The molecule has 0 aliphatic carbocycles. The lowest BCUT2D eigenvalue weighted by Crippen LogP contribution is -2.52. The van der Waals surface area contributed by atoms with Gasteiger partial charge < -0.3 is 4.90 Å². The molecule has 0 atom stereocenters. The number of hydrogen-bond donors (Lipinski definition) is 0. The Balaban J connectivity index is 1.59. The van der Waals surface area contributed by atoms with Gasteiger partial charge in [0.15, 0.2) is 0 Å². The number of piperidine rings is 1. The van der Waals surface area contributed by atoms with Crippen LogP contribution in [0.5, 0.6) is 0 Å². The molecule has 2 aliphatic rings. The molecule has 2 saturated heterocycles. The van der Waals surface area contributed by atoms with Crippen molar-refractivity contribution in [2.75, 3.05) is 50.2 Å². The minimum atomic E-state index is 0.868. The number of halogens is 2. The highest BCUT2D eigenvalue weighted by atomic mass is 127. The minimum absolute atomic E-state index is 0.868. The summed E-state index contributed by atoms with van der Waals surface area (Å²) in [4.78, 5) is 5.43. The second kappa shape index (κ2) is 9.38. The van der Waals surface area contributed by atoms with Crippen LogP contribution in [0.2, 0.25) is 0 Å². The Kier molecular flexibility index (Phi) is 8.24. The molecule has 0 unspecified atom stereocenters. The van der Waals surface area contributed by atoms with Crippen LogP contribution in [-0.4, -0.2) is 69.2 Å². The van der Waals surface area contributed by atoms with Crippen LogP contribution in [0, 0.1) is 0 Å². The molecule has 0 bridgehead atoms. The first-order chi connectivity index (χ1) is 9.29. The second-order valence-corrected chi connectivity index (χ2v) is 8.21. The lowest BCUT2D eigenvalue weighted by Gasteiger charge is -2.41. The van der Waals surface area contributed by atoms with E-state index in [1.807, 2.05) is 0 Å². The zero-order valence-electron chi connectivity index (χ0n) is 11.9. The number of piperazine rings is 1. The van der Waals surface area contributed by atoms with Crippen molar-refractivity contribution in [3.63, 3.8) is 0 Å². The van der Waals surface area contributed by atoms with Crippen molar-refractivity contribution < 1.29 is 0 Å². The summed E-state index contributed by atoms with van der Waals surface area (Å²) in [5, 5.41) is 0. The largest absolute Gasteiger partial charge is 0.301 e. The van der Waals surface area contributed by atoms with Gasteiger partial charge in [0.25, 0.3) is 0 Å². The van der Waals surface area contributed by atoms with Crippen molar-refractivity contribution in [1.29, 1.82) is 0 Å². The lowest BCUT2D eigenvalue weighted by atomic mass is 10.0. The standard InChI is InChI=1S/C14H27I2N3/c15-6-2-1-3-7-17-10-12-18(13-11-17)14-4-8-19(16)9-5-14/h14H,1-13H2. The second-order valence-electron chi connectivity index (χ2n) is 5.77. The van der Waals surface area contributed by atoms with Crippen LogP contribution in [0.3, 0.4) is 0 Å². The van der Waals surface area contributed by atoms with Gasteiger partial charge in [-0.05, 0) is 36.7 Å². The van der Waals surface area contributed by atoms with E-state index < -0.39 is 0 Å². The molecule has 0 amide bonds. The van der Waals surface area contributed by atoms with Gasteiger partial charge in [-0.3, -0.25) is 4.90 Å². The predicted octanol–water partition coefficient (Wildman–Crippen LogP) is 3.02. The molecule has 0 saturated carbocycles. The third-order valence-electron chi connectivity index (χ3n) is 4.44. The van der Waals surface area contributed by atoms with Crippen LogP contribution >= 0.6 is 45.5 Å². The van der Waals surface area contributed by atoms with Crippen LogP contribution in [0.15, 0.2) is 0 Å². The Hall–Kier alpha value is 1.34. The van der Waals surface area contributed by atoms with E-state index in [1.54, 1.807) is 0 Å². The third-order valence-corrected chi connectivity index (χ3v) is 6.17. The van der Waals surface area contributed by atoms with E-state index in [4.69, 9.17) is 0 Å². The van der Waals surface area contributed by atoms with Gasteiger partial charge in [-0.15, -0.1) is 0 Å². The molecule has 2 aliphatic heterocycles. The number of unbranched alkanes of at least 4 members (excludes halogenated alkanes) is 2. The van der Waals surface area contributed by atoms with Crippen LogP contribution in [0.1, 0.15) is 32.1 Å². The average Bonchev–Trinajstić information content (AvgIpc) is 2.45. The van der Waals surface area contributed by atoms with Gasteiger partial charge in [0.2, 0.25) is 0 Å². The van der Waals surface area contributed by atoms with Crippen LogP contribution in [-0.2, 0) is 0 Å². The van der Waals surface area contributed by atoms with E-state index in [0.29, 0.717) is 0 Å². The third kappa shape index (κ3) is 5.92. The molecular formula is C14H27I2N3. The van der Waals surface area contributed by atoms with Crippen LogP contribution in [0.4, 0.5) is 0 Å². The zero-order chi connectivity index (χ0) is 13.5. The van der Waals surface area contributed by atoms with Crippen molar-refractivity contribution >= 4 is 45.5 Å². The monoisotopic (exact) mass is 491 g/mol. The molecule has 0 radical (unpaired) electrons. The average molecular weight is 491 g/mol. The number of nitrogens with zero attached hydrogens (tertiary/aromatic N) is 3. The molecule has 19 heavy (non-hydrogen) atoms. The fourth-order valence-corrected chi connectivity index (χ4v) is 4.25. The summed E-state index contributed by atoms with van der Waals surface area (Å²) in [6, 6.07) is 0.868. The maximum absolute atomic E-state index is 2.75. The van der Waals surface area contributed by atoms with E-state index in [-0.39, 0.29) is 0 Å². The molecule has 2 rings (SSSR count). The quantitative estimate of drug-likeness (QED) is 0.245. The van der Waals surface area contributed by atoms with Crippen LogP contribution < -0.4 is 0 Å². The Morgan fingerprint density at radius 1 is 0.842 bits per heavy atom. The summed E-state index contributed by atoms with van der Waals surface area (Å²) in [6.45, 7) is 9.10. The summed E-state index contributed by atoms with van der Waals surface area (Å²) < 4.78 is 3.76. The molecular weight excluding hydrogens is 464 g/mol. The van der Waals surface area contributed by atoms with Gasteiger partial charge in [-0.1, -0.05) is 29.0 Å². The van der Waals surface area contributed by atoms with Crippen molar-refractivity contribution in [3.05, 3.63) is 0 Å². The van der Waals surface area contributed by atoms with E-state index >= 15 is 0 Å². The SMILES string of the molecule is ICCCCCN1CCN(C2CCN(I)CC2)CC1. The Bertz CT molecular complexity index is 237. The van der Waals surface area contributed by atoms with Crippen LogP contribution in [0.25, 0.3) is 0 Å². The summed E-state index contributed by atoms with van der Waals surface area (Å²) in [5.41, 5.74) is 0. The fraction of sp³-hybridized carbons (Fsp3) is 1.00. The Labute approximate surface area is 146 Å².